The van der Waals surface area contributed by atoms with Gasteiger partial charge in [0, 0.05) is 36.0 Å². The lowest BCUT2D eigenvalue weighted by atomic mass is 9.90. The van der Waals surface area contributed by atoms with Crippen LogP contribution in [-0.4, -0.2) is 34.8 Å². The van der Waals surface area contributed by atoms with Crippen LogP contribution >= 0.6 is 0 Å². The Kier molecular flexibility index (Phi) is 7.71. The molecule has 158 valence electrons. The number of nitrogens with zero attached hydrogens (tertiary/aromatic N) is 2. The zero-order valence-corrected chi connectivity index (χ0v) is 17.1. The first kappa shape index (κ1) is 21.7. The lowest BCUT2D eigenvalue weighted by Gasteiger charge is -2.32. The van der Waals surface area contributed by atoms with E-state index in [9.17, 15) is 14.0 Å². The molecule has 0 aliphatic carbocycles. The normalized spacial score (nSPS) is 15.2. The summed E-state index contributed by atoms with van der Waals surface area (Å²) in [6.45, 7) is 1.57. The molecule has 1 saturated heterocycles. The molecule has 0 atom stereocenters. The molecule has 1 fully saturated rings. The van der Waals surface area contributed by atoms with E-state index in [2.05, 4.69) is 4.98 Å². The number of piperidine rings is 1. The number of unbranched alkanes of at least 4 members (excludes halogenated alkanes) is 1. The molecule has 1 aromatic carbocycles. The van der Waals surface area contributed by atoms with Gasteiger partial charge < -0.3 is 10.6 Å². The Bertz CT molecular complexity index is 890. The maximum Gasteiger partial charge on any atom is 0.253 e. The van der Waals surface area contributed by atoms with E-state index in [1.807, 2.05) is 35.2 Å². The quantitative estimate of drug-likeness (QED) is 0.403. The number of hydrogen-bond donors (Lipinski definition) is 1. The number of halogens is 1. The summed E-state index contributed by atoms with van der Waals surface area (Å²) in [5, 5.41) is 0. The second-order valence-corrected chi connectivity index (χ2v) is 7.76. The maximum absolute atomic E-state index is 13.7. The number of nitrogens with two attached hydrogens (primary N) is 1. The highest BCUT2D eigenvalue weighted by molar-refractivity contribution is 5.96. The first-order valence-electron chi connectivity index (χ1n) is 10.5. The van der Waals surface area contributed by atoms with Crippen molar-refractivity contribution in [2.45, 2.75) is 38.5 Å². The van der Waals surface area contributed by atoms with E-state index < -0.39 is 11.9 Å². The minimum Gasteiger partial charge on any atom is -0.366 e. The van der Waals surface area contributed by atoms with Crippen LogP contribution in [-0.2, 0) is 4.79 Å². The predicted molar refractivity (Wildman–Crippen MR) is 115 cm³/mol. The van der Waals surface area contributed by atoms with Crippen molar-refractivity contribution in [1.29, 1.82) is 0 Å². The van der Waals surface area contributed by atoms with Gasteiger partial charge in [-0.2, -0.15) is 4.39 Å². The molecular formula is C24H28FN3O2. The molecule has 6 heteroatoms. The van der Waals surface area contributed by atoms with Gasteiger partial charge in [-0.05, 0) is 61.9 Å². The molecular weight excluding hydrogens is 381 g/mol. The van der Waals surface area contributed by atoms with E-state index in [-0.39, 0.29) is 11.5 Å². The van der Waals surface area contributed by atoms with Gasteiger partial charge in [-0.3, -0.25) is 9.59 Å². The zero-order chi connectivity index (χ0) is 21.3. The average Bonchev–Trinajstić information content (AvgIpc) is 2.77. The highest BCUT2D eigenvalue weighted by atomic mass is 19.1. The number of pyridine rings is 1. The monoisotopic (exact) mass is 409 g/mol. The first-order chi connectivity index (χ1) is 14.5. The Morgan fingerprint density at radius 3 is 2.50 bits per heavy atom. The Labute approximate surface area is 176 Å². The number of carbonyl (C=O) groups is 2. The van der Waals surface area contributed by atoms with Crippen LogP contribution < -0.4 is 5.73 Å². The van der Waals surface area contributed by atoms with Crippen LogP contribution in [0, 0.1) is 11.9 Å². The van der Waals surface area contributed by atoms with E-state index in [1.54, 1.807) is 12.1 Å². The topological polar surface area (TPSA) is 76.3 Å². The molecule has 0 bridgehead atoms. The predicted octanol–water partition coefficient (Wildman–Crippen LogP) is 4.20. The van der Waals surface area contributed by atoms with E-state index in [1.165, 1.54) is 12.3 Å². The molecule has 2 N–H and O–H groups in total. The van der Waals surface area contributed by atoms with Crippen molar-refractivity contribution in [2.24, 2.45) is 11.7 Å². The number of hydrogen-bond acceptors (Lipinski definition) is 3. The number of primary amides is 1. The van der Waals surface area contributed by atoms with Gasteiger partial charge in [-0.25, -0.2) is 4.98 Å². The highest BCUT2D eigenvalue weighted by Crippen LogP contribution is 2.25. The number of aromatic nitrogens is 1. The number of amides is 2. The summed E-state index contributed by atoms with van der Waals surface area (Å²) >= 11 is 0. The highest BCUT2D eigenvalue weighted by Gasteiger charge is 2.23. The summed E-state index contributed by atoms with van der Waals surface area (Å²) in [7, 11) is 0. The number of benzene rings is 1. The summed E-state index contributed by atoms with van der Waals surface area (Å²) in [6, 6.07) is 12.6. The van der Waals surface area contributed by atoms with Crippen molar-refractivity contribution in [3.05, 3.63) is 71.3 Å². The molecule has 5 nitrogen and oxygen atoms in total. The van der Waals surface area contributed by atoms with Gasteiger partial charge in [0.1, 0.15) is 0 Å². The van der Waals surface area contributed by atoms with Crippen LogP contribution in [0.5, 0.6) is 0 Å². The molecule has 0 unspecified atom stereocenters. The van der Waals surface area contributed by atoms with E-state index in [4.69, 9.17) is 5.73 Å². The second kappa shape index (κ2) is 10.7. The second-order valence-electron chi connectivity index (χ2n) is 7.76. The lowest BCUT2D eigenvalue weighted by molar-refractivity contribution is -0.114. The molecule has 2 amide bonds. The molecule has 1 aliphatic rings. The summed E-state index contributed by atoms with van der Waals surface area (Å²) in [4.78, 5) is 29.8. The van der Waals surface area contributed by atoms with Gasteiger partial charge in [0.2, 0.25) is 11.9 Å². The summed E-state index contributed by atoms with van der Waals surface area (Å²) in [5.74, 6) is -0.437. The fourth-order valence-electron chi connectivity index (χ4n) is 3.90. The third-order valence-electron chi connectivity index (χ3n) is 5.67. The van der Waals surface area contributed by atoms with Crippen molar-refractivity contribution in [1.82, 2.24) is 9.88 Å². The van der Waals surface area contributed by atoms with E-state index in [0.717, 1.165) is 50.8 Å². The van der Waals surface area contributed by atoms with E-state index in [0.29, 0.717) is 17.9 Å². The number of likely N-dealkylation sites (tertiary alicyclic amines) is 1. The van der Waals surface area contributed by atoms with Crippen LogP contribution in [0.15, 0.2) is 54.2 Å². The molecule has 0 spiro atoms. The minimum absolute atomic E-state index is 0.105. The third kappa shape index (κ3) is 5.99. The van der Waals surface area contributed by atoms with Crippen LogP contribution in [0.4, 0.5) is 4.39 Å². The van der Waals surface area contributed by atoms with Gasteiger partial charge in [-0.1, -0.05) is 31.0 Å². The van der Waals surface area contributed by atoms with Crippen molar-refractivity contribution >= 4 is 17.9 Å². The van der Waals surface area contributed by atoms with Crippen LogP contribution in [0.1, 0.15) is 54.4 Å². The van der Waals surface area contributed by atoms with Crippen LogP contribution in [0.3, 0.4) is 0 Å². The number of rotatable bonds is 8. The van der Waals surface area contributed by atoms with Gasteiger partial charge in [-0.15, -0.1) is 0 Å². The van der Waals surface area contributed by atoms with Crippen molar-refractivity contribution in [3.63, 3.8) is 0 Å². The molecule has 2 heterocycles. The third-order valence-corrected chi connectivity index (χ3v) is 5.67. The van der Waals surface area contributed by atoms with Gasteiger partial charge >= 0.3 is 0 Å². The number of carbonyl (C=O) groups excluding carboxylic acids is 2. The molecule has 2 aromatic rings. The summed E-state index contributed by atoms with van der Waals surface area (Å²) < 4.78 is 13.7. The molecule has 1 aromatic heterocycles. The molecule has 30 heavy (non-hydrogen) atoms. The molecule has 0 saturated carbocycles. The Morgan fingerprint density at radius 2 is 1.83 bits per heavy atom. The largest absolute Gasteiger partial charge is 0.366 e. The molecule has 0 radical (unpaired) electrons. The van der Waals surface area contributed by atoms with Crippen LogP contribution in [0.25, 0.3) is 6.08 Å². The maximum atomic E-state index is 13.7. The molecule has 1 aliphatic heterocycles. The summed E-state index contributed by atoms with van der Waals surface area (Å²) in [5.41, 5.74) is 6.91. The molecule has 3 rings (SSSR count). The van der Waals surface area contributed by atoms with Crippen LogP contribution in [0.2, 0.25) is 0 Å². The Balaban J connectivity index is 1.42. The minimum atomic E-state index is -0.604. The van der Waals surface area contributed by atoms with Gasteiger partial charge in [0.05, 0.1) is 0 Å². The lowest BCUT2D eigenvalue weighted by Crippen LogP contribution is -2.38. The standard InChI is InChI=1S/C24H28FN3O2/c25-22-20(11-6-14-27-22)17-21(23(26)29)10-5-4-7-18-12-15-28(16-13-18)24(30)19-8-2-1-3-9-19/h1-3,6,8-9,11,14,17-18H,4-5,7,10,12-13,15-16H2,(H2,26,29). The van der Waals surface area contributed by atoms with Crippen molar-refractivity contribution < 1.29 is 14.0 Å². The Morgan fingerprint density at radius 1 is 1.10 bits per heavy atom. The Hall–Kier alpha value is -3.02. The fraction of sp³-hybridized carbons (Fsp3) is 0.375. The van der Waals surface area contributed by atoms with Gasteiger partial charge in [0.25, 0.3) is 5.91 Å². The smallest absolute Gasteiger partial charge is 0.253 e. The zero-order valence-electron chi connectivity index (χ0n) is 17.1. The first-order valence-corrected chi connectivity index (χ1v) is 10.5. The summed E-state index contributed by atoms with van der Waals surface area (Å²) in [6.07, 6.45) is 8.23. The van der Waals surface area contributed by atoms with E-state index >= 15 is 0 Å². The average molecular weight is 410 g/mol. The van der Waals surface area contributed by atoms with Gasteiger partial charge in [0.15, 0.2) is 0 Å². The fourth-order valence-corrected chi connectivity index (χ4v) is 3.90. The van der Waals surface area contributed by atoms with Crippen molar-refractivity contribution in [3.8, 4) is 0 Å². The van der Waals surface area contributed by atoms with Crippen molar-refractivity contribution in [2.75, 3.05) is 13.1 Å². The SMILES string of the molecule is NC(=O)C(=Cc1cccnc1F)CCCCC1CCN(C(=O)c2ccccc2)CC1.